The largest absolute Gasteiger partial charge is 0.508 e. The highest BCUT2D eigenvalue weighted by molar-refractivity contribution is 9.10. The van der Waals surface area contributed by atoms with Crippen molar-refractivity contribution in [2.24, 2.45) is 5.92 Å². The number of aromatic hydroxyl groups is 1. The molecule has 2 aliphatic rings. The number of nitrogens with one attached hydrogen (secondary N) is 1. The van der Waals surface area contributed by atoms with Crippen LogP contribution < -0.4 is 5.32 Å². The zero-order chi connectivity index (χ0) is 17.7. The van der Waals surface area contributed by atoms with Gasteiger partial charge in [0.25, 0.3) is 5.69 Å². The molecule has 0 bridgehead atoms. The molecule has 0 radical (unpaired) electrons. The topological polar surface area (TPSA) is 75.4 Å². The van der Waals surface area contributed by atoms with Crippen LogP contribution in [0.3, 0.4) is 0 Å². The molecule has 2 aromatic rings. The molecule has 2 aromatic carbocycles. The number of nitro benzene ring substituents is 1. The number of allylic oxidation sites excluding steroid dienone is 2. The number of aryl methyl sites for hydroxylation is 1. The Labute approximate surface area is 153 Å². The van der Waals surface area contributed by atoms with Gasteiger partial charge in [0.2, 0.25) is 0 Å². The Morgan fingerprint density at radius 1 is 1.32 bits per heavy atom. The highest BCUT2D eigenvalue weighted by Crippen LogP contribution is 2.54. The second-order valence-corrected chi connectivity index (χ2v) is 7.54. The van der Waals surface area contributed by atoms with Crippen molar-refractivity contribution in [1.82, 2.24) is 0 Å². The Kier molecular flexibility index (Phi) is 3.80. The fourth-order valence-corrected chi connectivity index (χ4v) is 4.46. The molecule has 3 unspecified atom stereocenters. The number of rotatable bonds is 2. The van der Waals surface area contributed by atoms with Gasteiger partial charge in [-0.3, -0.25) is 10.1 Å². The molecule has 3 atom stereocenters. The number of phenolic OH excluding ortho intramolecular Hbond substituents is 1. The van der Waals surface area contributed by atoms with Gasteiger partial charge in [-0.15, -0.1) is 0 Å². The van der Waals surface area contributed by atoms with E-state index in [2.05, 4.69) is 33.4 Å². The Hall–Kier alpha value is -2.34. The van der Waals surface area contributed by atoms with E-state index in [0.717, 1.165) is 33.3 Å². The van der Waals surface area contributed by atoms with Crippen molar-refractivity contribution in [3.63, 3.8) is 0 Å². The van der Waals surface area contributed by atoms with Crippen LogP contribution in [0.5, 0.6) is 5.75 Å². The molecule has 2 N–H and O–H groups in total. The smallest absolute Gasteiger partial charge is 0.275 e. The third kappa shape index (κ3) is 2.52. The first kappa shape index (κ1) is 16.1. The van der Waals surface area contributed by atoms with E-state index < -0.39 is 0 Å². The highest BCUT2D eigenvalue weighted by atomic mass is 79.9. The molecule has 1 heterocycles. The Balaban J connectivity index is 1.90. The number of nitro groups is 1. The third-order valence-corrected chi connectivity index (χ3v) is 5.72. The van der Waals surface area contributed by atoms with Crippen molar-refractivity contribution >= 4 is 27.3 Å². The summed E-state index contributed by atoms with van der Waals surface area (Å²) in [5, 5.41) is 25.4. The quantitative estimate of drug-likeness (QED) is 0.412. The summed E-state index contributed by atoms with van der Waals surface area (Å²) in [5.41, 5.74) is 3.51. The van der Waals surface area contributed by atoms with E-state index in [1.54, 1.807) is 24.3 Å². The molecule has 5 nitrogen and oxygen atoms in total. The number of nitrogens with zero attached hydrogens (tertiary/aromatic N) is 1. The summed E-state index contributed by atoms with van der Waals surface area (Å²) in [6, 6.07) is 8.66. The summed E-state index contributed by atoms with van der Waals surface area (Å²) in [6.07, 6.45) is 4.97. The van der Waals surface area contributed by atoms with Crippen LogP contribution in [0.15, 0.2) is 47.0 Å². The summed E-state index contributed by atoms with van der Waals surface area (Å²) in [4.78, 5) is 11.2. The van der Waals surface area contributed by atoms with Crippen LogP contribution in [-0.4, -0.2) is 10.0 Å². The van der Waals surface area contributed by atoms with E-state index in [-0.39, 0.29) is 34.2 Å². The Morgan fingerprint density at radius 2 is 2.12 bits per heavy atom. The summed E-state index contributed by atoms with van der Waals surface area (Å²) in [6.45, 7) is 1.95. The first-order chi connectivity index (χ1) is 12.0. The van der Waals surface area contributed by atoms with E-state index in [1.165, 1.54) is 0 Å². The fourth-order valence-electron chi connectivity index (χ4n) is 4.08. The van der Waals surface area contributed by atoms with Gasteiger partial charge in [0.15, 0.2) is 0 Å². The molecule has 1 aliphatic heterocycles. The van der Waals surface area contributed by atoms with Gasteiger partial charge in [0.05, 0.1) is 16.5 Å². The molecule has 0 saturated heterocycles. The summed E-state index contributed by atoms with van der Waals surface area (Å²) >= 11 is 3.47. The number of hydrogen-bond acceptors (Lipinski definition) is 4. The van der Waals surface area contributed by atoms with E-state index >= 15 is 0 Å². The standard InChI is InChI=1S/C19H17BrN2O3/c1-10-5-7-15(22(24)25)17-12-3-2-4-13(12)19(21-18(10)17)14-9-11(20)6-8-16(14)23/h2-3,5-9,12-13,19,21,23H,4H2,1H3. The van der Waals surface area contributed by atoms with Gasteiger partial charge in [-0.2, -0.15) is 0 Å². The van der Waals surface area contributed by atoms with Crippen LogP contribution in [0.4, 0.5) is 11.4 Å². The zero-order valence-electron chi connectivity index (χ0n) is 13.6. The number of fused-ring (bicyclic) bond motifs is 3. The number of benzene rings is 2. The zero-order valence-corrected chi connectivity index (χ0v) is 15.2. The number of hydrogen-bond donors (Lipinski definition) is 2. The molecular formula is C19H17BrN2O3. The lowest BCUT2D eigenvalue weighted by molar-refractivity contribution is -0.385. The van der Waals surface area contributed by atoms with Crippen molar-refractivity contribution < 1.29 is 10.0 Å². The molecule has 0 amide bonds. The minimum atomic E-state index is -0.305. The highest BCUT2D eigenvalue weighted by Gasteiger charge is 2.42. The maximum Gasteiger partial charge on any atom is 0.275 e. The first-order valence-corrected chi connectivity index (χ1v) is 8.96. The third-order valence-electron chi connectivity index (χ3n) is 5.23. The van der Waals surface area contributed by atoms with Crippen LogP contribution in [0, 0.1) is 23.0 Å². The maximum atomic E-state index is 11.5. The molecule has 25 heavy (non-hydrogen) atoms. The number of halogens is 1. The summed E-state index contributed by atoms with van der Waals surface area (Å²) in [7, 11) is 0. The predicted octanol–water partition coefficient (Wildman–Crippen LogP) is 5.20. The molecule has 128 valence electrons. The lowest BCUT2D eigenvalue weighted by Crippen LogP contribution is -2.30. The van der Waals surface area contributed by atoms with Crippen LogP contribution >= 0.6 is 15.9 Å². The van der Waals surface area contributed by atoms with Crippen LogP contribution in [0.25, 0.3) is 0 Å². The molecule has 0 spiro atoms. The summed E-state index contributed by atoms with van der Waals surface area (Å²) in [5.74, 6) is 0.339. The average molecular weight is 401 g/mol. The average Bonchev–Trinajstić information content (AvgIpc) is 3.06. The number of anilines is 1. The van der Waals surface area contributed by atoms with Crippen molar-refractivity contribution in [2.75, 3.05) is 5.32 Å². The SMILES string of the molecule is Cc1ccc([N+](=O)[O-])c2c1NC(c1cc(Br)ccc1O)C1CC=CC21. The predicted molar refractivity (Wildman–Crippen MR) is 100.0 cm³/mol. The van der Waals surface area contributed by atoms with Crippen molar-refractivity contribution in [3.05, 3.63) is 73.8 Å². The Morgan fingerprint density at radius 3 is 2.88 bits per heavy atom. The molecule has 4 rings (SSSR count). The van der Waals surface area contributed by atoms with Gasteiger partial charge < -0.3 is 10.4 Å². The second-order valence-electron chi connectivity index (χ2n) is 6.63. The monoisotopic (exact) mass is 400 g/mol. The first-order valence-electron chi connectivity index (χ1n) is 8.17. The van der Waals surface area contributed by atoms with Crippen LogP contribution in [0.2, 0.25) is 0 Å². The van der Waals surface area contributed by atoms with E-state index in [0.29, 0.717) is 0 Å². The van der Waals surface area contributed by atoms with Crippen molar-refractivity contribution in [1.29, 1.82) is 0 Å². The minimum Gasteiger partial charge on any atom is -0.508 e. The van der Waals surface area contributed by atoms with E-state index in [1.807, 2.05) is 13.0 Å². The van der Waals surface area contributed by atoms with E-state index in [9.17, 15) is 15.2 Å². The molecule has 0 fully saturated rings. The van der Waals surface area contributed by atoms with Gasteiger partial charge in [0.1, 0.15) is 5.75 Å². The van der Waals surface area contributed by atoms with Gasteiger partial charge in [-0.25, -0.2) is 0 Å². The van der Waals surface area contributed by atoms with Gasteiger partial charge >= 0.3 is 0 Å². The van der Waals surface area contributed by atoms with Crippen LogP contribution in [0.1, 0.15) is 35.1 Å². The molecular weight excluding hydrogens is 384 g/mol. The van der Waals surface area contributed by atoms with Crippen molar-refractivity contribution in [2.45, 2.75) is 25.3 Å². The van der Waals surface area contributed by atoms with E-state index in [4.69, 9.17) is 0 Å². The summed E-state index contributed by atoms with van der Waals surface area (Å²) < 4.78 is 0.895. The number of phenols is 1. The lowest BCUT2D eigenvalue weighted by atomic mass is 9.75. The molecule has 0 aromatic heterocycles. The Bertz CT molecular complexity index is 910. The van der Waals surface area contributed by atoms with Gasteiger partial charge in [-0.05, 0) is 43.0 Å². The normalized spacial score (nSPS) is 23.7. The molecule has 1 aliphatic carbocycles. The second kappa shape index (κ2) is 5.88. The maximum absolute atomic E-state index is 11.5. The molecule has 6 heteroatoms. The fraction of sp³-hybridized carbons (Fsp3) is 0.263. The lowest BCUT2D eigenvalue weighted by Gasteiger charge is -2.38. The molecule has 0 saturated carbocycles. The van der Waals surface area contributed by atoms with Gasteiger partial charge in [0, 0.05) is 27.7 Å². The van der Waals surface area contributed by atoms with Crippen LogP contribution in [-0.2, 0) is 0 Å². The van der Waals surface area contributed by atoms with Crippen molar-refractivity contribution in [3.8, 4) is 5.75 Å². The van der Waals surface area contributed by atoms with Gasteiger partial charge in [-0.1, -0.05) is 34.1 Å². The minimum absolute atomic E-state index is 0.0278.